The molecule has 0 aliphatic carbocycles. The number of fused-ring (bicyclic) bond motifs is 1. The van der Waals surface area contributed by atoms with Gasteiger partial charge in [0.25, 0.3) is 11.8 Å². The normalized spacial score (nSPS) is 14.1. The topological polar surface area (TPSA) is 49.7 Å². The summed E-state index contributed by atoms with van der Waals surface area (Å²) >= 11 is 0. The molecule has 2 aromatic rings. The third kappa shape index (κ3) is 2.14. The summed E-state index contributed by atoms with van der Waals surface area (Å²) in [5.74, 6) is -0.566. The number of aliphatic imine (C=N–C) groups is 1. The van der Waals surface area contributed by atoms with E-state index in [0.29, 0.717) is 16.8 Å². The zero-order chi connectivity index (χ0) is 15.0. The minimum absolute atomic E-state index is 0.279. The second-order valence-electron chi connectivity index (χ2n) is 4.97. The van der Waals surface area contributed by atoms with Gasteiger partial charge >= 0.3 is 0 Å². The molecule has 2 amide bonds. The molecule has 0 unspecified atom stereocenters. The predicted octanol–water partition coefficient (Wildman–Crippen LogP) is 2.84. The van der Waals surface area contributed by atoms with Crippen molar-refractivity contribution in [1.29, 1.82) is 0 Å². The maximum atomic E-state index is 12.5. The molecule has 0 atom stereocenters. The Morgan fingerprint density at radius 1 is 0.952 bits per heavy atom. The van der Waals surface area contributed by atoms with Crippen molar-refractivity contribution < 1.29 is 9.59 Å². The lowest BCUT2D eigenvalue weighted by Crippen LogP contribution is -2.29. The molecule has 0 fully saturated rings. The highest BCUT2D eigenvalue weighted by Gasteiger charge is 2.36. The number of imide groups is 1. The van der Waals surface area contributed by atoms with Gasteiger partial charge < -0.3 is 0 Å². The first kappa shape index (κ1) is 13.2. The number of anilines is 1. The molecule has 0 spiro atoms. The minimum atomic E-state index is -0.287. The van der Waals surface area contributed by atoms with Gasteiger partial charge in [-0.3, -0.25) is 14.6 Å². The molecule has 0 saturated heterocycles. The van der Waals surface area contributed by atoms with Gasteiger partial charge in [0, 0.05) is 13.3 Å². The number of nitrogens with zero attached hydrogens (tertiary/aromatic N) is 2. The molecule has 104 valence electrons. The molecule has 1 aliphatic heterocycles. The van der Waals surface area contributed by atoms with E-state index in [9.17, 15) is 9.59 Å². The molecule has 0 radical (unpaired) electrons. The molecule has 1 heterocycles. The van der Waals surface area contributed by atoms with E-state index in [0.717, 1.165) is 11.1 Å². The van der Waals surface area contributed by atoms with Gasteiger partial charge in [-0.1, -0.05) is 23.8 Å². The van der Waals surface area contributed by atoms with Gasteiger partial charge in [0.15, 0.2) is 0 Å². The number of carbonyl (C=O) groups is 2. The summed E-state index contributed by atoms with van der Waals surface area (Å²) in [4.78, 5) is 30.1. The van der Waals surface area contributed by atoms with Gasteiger partial charge in [0.2, 0.25) is 0 Å². The van der Waals surface area contributed by atoms with Crippen LogP contribution < -0.4 is 4.90 Å². The second-order valence-corrected chi connectivity index (χ2v) is 4.97. The van der Waals surface area contributed by atoms with Crippen molar-refractivity contribution in [2.45, 2.75) is 6.92 Å². The fourth-order valence-corrected chi connectivity index (χ4v) is 2.42. The number of hydrogen-bond donors (Lipinski definition) is 0. The predicted molar refractivity (Wildman–Crippen MR) is 82.3 cm³/mol. The van der Waals surface area contributed by atoms with Crippen LogP contribution in [0.3, 0.4) is 0 Å². The van der Waals surface area contributed by atoms with E-state index < -0.39 is 0 Å². The van der Waals surface area contributed by atoms with Crippen molar-refractivity contribution >= 4 is 23.7 Å². The Hall–Kier alpha value is -2.75. The minimum Gasteiger partial charge on any atom is -0.296 e. The SMILES string of the molecule is CN=Cc1ccc2c(c1)C(=O)N(c1ccc(C)cc1)C2=O. The lowest BCUT2D eigenvalue weighted by atomic mass is 10.1. The highest BCUT2D eigenvalue weighted by molar-refractivity contribution is 6.34. The van der Waals surface area contributed by atoms with Crippen LogP contribution in [0.5, 0.6) is 0 Å². The fraction of sp³-hybridized carbons (Fsp3) is 0.118. The Labute approximate surface area is 122 Å². The number of hydrogen-bond acceptors (Lipinski definition) is 3. The fourth-order valence-electron chi connectivity index (χ4n) is 2.42. The van der Waals surface area contributed by atoms with Gasteiger partial charge in [-0.05, 0) is 36.8 Å². The first-order valence-corrected chi connectivity index (χ1v) is 6.63. The third-order valence-corrected chi connectivity index (χ3v) is 3.48. The van der Waals surface area contributed by atoms with E-state index in [2.05, 4.69) is 4.99 Å². The van der Waals surface area contributed by atoms with Crippen LogP contribution in [-0.2, 0) is 0 Å². The van der Waals surface area contributed by atoms with Gasteiger partial charge in [-0.2, -0.15) is 0 Å². The summed E-state index contributed by atoms with van der Waals surface area (Å²) in [5.41, 5.74) is 3.35. The largest absolute Gasteiger partial charge is 0.296 e. The lowest BCUT2D eigenvalue weighted by Gasteiger charge is -2.13. The molecular weight excluding hydrogens is 264 g/mol. The van der Waals surface area contributed by atoms with Crippen molar-refractivity contribution in [2.75, 3.05) is 11.9 Å². The Balaban J connectivity index is 2.06. The van der Waals surface area contributed by atoms with Crippen molar-refractivity contribution in [3.05, 3.63) is 64.7 Å². The average molecular weight is 278 g/mol. The summed E-state index contributed by atoms with van der Waals surface area (Å²) in [6.45, 7) is 1.96. The van der Waals surface area contributed by atoms with E-state index in [4.69, 9.17) is 0 Å². The van der Waals surface area contributed by atoms with Crippen LogP contribution in [-0.4, -0.2) is 25.1 Å². The maximum Gasteiger partial charge on any atom is 0.266 e. The summed E-state index contributed by atoms with van der Waals surface area (Å²) in [7, 11) is 1.67. The van der Waals surface area contributed by atoms with Crippen LogP contribution in [0.1, 0.15) is 31.8 Å². The number of benzene rings is 2. The van der Waals surface area contributed by atoms with Crippen molar-refractivity contribution in [2.24, 2.45) is 4.99 Å². The Bertz CT molecular complexity index is 761. The first-order valence-electron chi connectivity index (χ1n) is 6.63. The molecule has 4 nitrogen and oxygen atoms in total. The van der Waals surface area contributed by atoms with Gasteiger partial charge in [0.1, 0.15) is 0 Å². The summed E-state index contributed by atoms with van der Waals surface area (Å²) in [6, 6.07) is 12.5. The average Bonchev–Trinajstić information content (AvgIpc) is 2.72. The zero-order valence-electron chi connectivity index (χ0n) is 11.8. The van der Waals surface area contributed by atoms with Crippen LogP contribution in [0.15, 0.2) is 47.5 Å². The van der Waals surface area contributed by atoms with Crippen molar-refractivity contribution in [3.8, 4) is 0 Å². The van der Waals surface area contributed by atoms with E-state index >= 15 is 0 Å². The number of rotatable bonds is 2. The Morgan fingerprint density at radius 2 is 1.62 bits per heavy atom. The molecule has 4 heteroatoms. The molecule has 0 bridgehead atoms. The summed E-state index contributed by atoms with van der Waals surface area (Å²) < 4.78 is 0. The quantitative estimate of drug-likeness (QED) is 0.626. The zero-order valence-corrected chi connectivity index (χ0v) is 11.8. The van der Waals surface area contributed by atoms with Gasteiger partial charge in [0.05, 0.1) is 16.8 Å². The monoisotopic (exact) mass is 278 g/mol. The highest BCUT2D eigenvalue weighted by atomic mass is 16.2. The molecule has 0 N–H and O–H groups in total. The van der Waals surface area contributed by atoms with E-state index in [-0.39, 0.29) is 11.8 Å². The van der Waals surface area contributed by atoms with Crippen molar-refractivity contribution in [1.82, 2.24) is 0 Å². The van der Waals surface area contributed by atoms with Gasteiger partial charge in [-0.25, -0.2) is 4.90 Å². The third-order valence-electron chi connectivity index (χ3n) is 3.48. The summed E-state index contributed by atoms with van der Waals surface area (Å²) in [6.07, 6.45) is 1.66. The van der Waals surface area contributed by atoms with E-state index in [1.165, 1.54) is 4.90 Å². The lowest BCUT2D eigenvalue weighted by molar-refractivity contribution is 0.0926. The van der Waals surface area contributed by atoms with Crippen LogP contribution in [0, 0.1) is 6.92 Å². The molecule has 1 aliphatic rings. The van der Waals surface area contributed by atoms with Crippen LogP contribution >= 0.6 is 0 Å². The molecule has 3 rings (SSSR count). The summed E-state index contributed by atoms with van der Waals surface area (Å²) in [5, 5.41) is 0. The maximum absolute atomic E-state index is 12.5. The van der Waals surface area contributed by atoms with Crippen LogP contribution in [0.25, 0.3) is 0 Å². The number of aryl methyl sites for hydroxylation is 1. The number of carbonyl (C=O) groups excluding carboxylic acids is 2. The second kappa shape index (κ2) is 4.98. The molecule has 2 aromatic carbocycles. The smallest absolute Gasteiger partial charge is 0.266 e. The number of amides is 2. The molecule has 0 aromatic heterocycles. The Kier molecular flexibility index (Phi) is 3.14. The first-order chi connectivity index (χ1) is 10.1. The van der Waals surface area contributed by atoms with Gasteiger partial charge in [-0.15, -0.1) is 0 Å². The van der Waals surface area contributed by atoms with E-state index in [1.807, 2.05) is 19.1 Å². The highest BCUT2D eigenvalue weighted by Crippen LogP contribution is 2.28. The van der Waals surface area contributed by atoms with Crippen LogP contribution in [0.4, 0.5) is 5.69 Å². The van der Waals surface area contributed by atoms with Crippen LogP contribution in [0.2, 0.25) is 0 Å². The molecular formula is C17H14N2O2. The van der Waals surface area contributed by atoms with E-state index in [1.54, 1.807) is 43.6 Å². The molecule has 0 saturated carbocycles. The standard InChI is InChI=1S/C17H14N2O2/c1-11-3-6-13(7-4-11)19-16(20)14-8-5-12(10-18-2)9-15(14)17(19)21/h3-10H,1-2H3. The Morgan fingerprint density at radius 3 is 2.29 bits per heavy atom. The van der Waals surface area contributed by atoms with Crippen molar-refractivity contribution in [3.63, 3.8) is 0 Å². The molecule has 21 heavy (non-hydrogen) atoms.